The van der Waals surface area contributed by atoms with Crippen molar-refractivity contribution in [1.29, 1.82) is 0 Å². The molecule has 0 spiro atoms. The van der Waals surface area contributed by atoms with Crippen molar-refractivity contribution in [3.8, 4) is 5.75 Å². The molecule has 0 saturated carbocycles. The van der Waals surface area contributed by atoms with Crippen molar-refractivity contribution < 1.29 is 9.84 Å². The molecule has 1 aromatic carbocycles. The van der Waals surface area contributed by atoms with E-state index in [-0.39, 0.29) is 0 Å². The summed E-state index contributed by atoms with van der Waals surface area (Å²) in [7, 11) is 0. The molecule has 1 saturated heterocycles. The first kappa shape index (κ1) is 15.3. The molecular formula is C17H27NO2. The molecule has 0 amide bonds. The zero-order valence-corrected chi connectivity index (χ0v) is 12.9. The van der Waals surface area contributed by atoms with Gasteiger partial charge < -0.3 is 14.7 Å². The third kappa shape index (κ3) is 4.80. The van der Waals surface area contributed by atoms with E-state index in [0.717, 1.165) is 30.7 Å². The van der Waals surface area contributed by atoms with Gasteiger partial charge in [0.1, 0.15) is 18.5 Å². The molecule has 3 heteroatoms. The molecule has 0 unspecified atom stereocenters. The van der Waals surface area contributed by atoms with E-state index in [9.17, 15) is 5.11 Å². The zero-order valence-electron chi connectivity index (χ0n) is 12.9. The first-order valence-corrected chi connectivity index (χ1v) is 7.63. The van der Waals surface area contributed by atoms with Crippen molar-refractivity contribution >= 4 is 0 Å². The number of rotatable bonds is 5. The van der Waals surface area contributed by atoms with Gasteiger partial charge in [0, 0.05) is 19.6 Å². The van der Waals surface area contributed by atoms with Crippen LogP contribution in [0.15, 0.2) is 24.3 Å². The van der Waals surface area contributed by atoms with Crippen LogP contribution in [0.5, 0.6) is 5.75 Å². The molecule has 3 atom stereocenters. The molecule has 1 N–H and O–H groups in total. The summed E-state index contributed by atoms with van der Waals surface area (Å²) in [6, 6.07) is 7.95. The van der Waals surface area contributed by atoms with Crippen LogP contribution in [-0.2, 0) is 0 Å². The molecule has 0 bridgehead atoms. The van der Waals surface area contributed by atoms with Gasteiger partial charge >= 0.3 is 0 Å². The Kier molecular flexibility index (Phi) is 5.44. The number of piperidine rings is 1. The van der Waals surface area contributed by atoms with E-state index < -0.39 is 6.10 Å². The minimum atomic E-state index is -0.422. The largest absolute Gasteiger partial charge is 0.491 e. The number of aliphatic hydroxyl groups excluding tert-OH is 1. The number of benzene rings is 1. The zero-order chi connectivity index (χ0) is 14.5. The van der Waals surface area contributed by atoms with Crippen LogP contribution in [0.1, 0.15) is 25.8 Å². The van der Waals surface area contributed by atoms with E-state index in [1.54, 1.807) is 0 Å². The quantitative estimate of drug-likeness (QED) is 0.898. The van der Waals surface area contributed by atoms with Gasteiger partial charge in [-0.3, -0.25) is 0 Å². The summed E-state index contributed by atoms with van der Waals surface area (Å²) in [5.41, 5.74) is 1.22. The fourth-order valence-electron chi connectivity index (χ4n) is 3.12. The average molecular weight is 277 g/mol. The Bertz CT molecular complexity index is 394. The van der Waals surface area contributed by atoms with Crippen LogP contribution < -0.4 is 4.74 Å². The van der Waals surface area contributed by atoms with E-state index in [4.69, 9.17) is 4.74 Å². The molecule has 2 rings (SSSR count). The third-order valence-electron chi connectivity index (χ3n) is 3.88. The number of nitrogens with zero attached hydrogens (tertiary/aromatic N) is 1. The van der Waals surface area contributed by atoms with Gasteiger partial charge in [0.05, 0.1) is 0 Å². The van der Waals surface area contributed by atoms with Gasteiger partial charge in [-0.2, -0.15) is 0 Å². The number of likely N-dealkylation sites (tertiary alicyclic amines) is 1. The number of β-amino-alcohol motifs (C(OH)–C–C–N with tert-alkyl or cyclic N) is 1. The summed E-state index contributed by atoms with van der Waals surface area (Å²) in [6.45, 7) is 9.88. The fraction of sp³-hybridized carbons (Fsp3) is 0.647. The van der Waals surface area contributed by atoms with Gasteiger partial charge in [-0.05, 0) is 37.3 Å². The Morgan fingerprint density at radius 1 is 1.20 bits per heavy atom. The summed E-state index contributed by atoms with van der Waals surface area (Å²) >= 11 is 0. The Morgan fingerprint density at radius 3 is 2.40 bits per heavy atom. The average Bonchev–Trinajstić information content (AvgIpc) is 2.37. The maximum Gasteiger partial charge on any atom is 0.119 e. The van der Waals surface area contributed by atoms with Gasteiger partial charge in [-0.15, -0.1) is 0 Å². The minimum Gasteiger partial charge on any atom is -0.491 e. The van der Waals surface area contributed by atoms with Crippen molar-refractivity contribution in [3.05, 3.63) is 29.8 Å². The summed E-state index contributed by atoms with van der Waals surface area (Å²) < 4.78 is 5.64. The predicted molar refractivity (Wildman–Crippen MR) is 82.1 cm³/mol. The second kappa shape index (κ2) is 7.09. The fourth-order valence-corrected chi connectivity index (χ4v) is 3.12. The van der Waals surface area contributed by atoms with Gasteiger partial charge in [0.15, 0.2) is 0 Å². The highest BCUT2D eigenvalue weighted by molar-refractivity contribution is 5.26. The molecule has 0 radical (unpaired) electrons. The van der Waals surface area contributed by atoms with E-state index >= 15 is 0 Å². The summed E-state index contributed by atoms with van der Waals surface area (Å²) in [5, 5.41) is 10.1. The van der Waals surface area contributed by atoms with Crippen LogP contribution in [0.3, 0.4) is 0 Å². The van der Waals surface area contributed by atoms with Crippen molar-refractivity contribution in [3.63, 3.8) is 0 Å². The normalized spacial score (nSPS) is 25.4. The Labute approximate surface area is 122 Å². The van der Waals surface area contributed by atoms with Crippen LogP contribution in [0.4, 0.5) is 0 Å². The lowest BCUT2D eigenvalue weighted by atomic mass is 9.92. The number of ether oxygens (including phenoxy) is 1. The van der Waals surface area contributed by atoms with Crippen molar-refractivity contribution in [2.45, 2.75) is 33.3 Å². The Hall–Kier alpha value is -1.06. The molecule has 0 aromatic heterocycles. The molecular weight excluding hydrogens is 250 g/mol. The number of aryl methyl sites for hydroxylation is 1. The maximum atomic E-state index is 10.1. The molecule has 1 aliphatic rings. The standard InChI is InChI=1S/C17H27NO2/c1-13-4-6-17(7-5-13)20-12-16(19)11-18-9-14(2)8-15(3)10-18/h4-7,14-16,19H,8-12H2,1-3H3/t14-,15+,16-/m0/s1. The van der Waals surface area contributed by atoms with E-state index in [1.807, 2.05) is 24.3 Å². The lowest BCUT2D eigenvalue weighted by Crippen LogP contribution is -2.43. The highest BCUT2D eigenvalue weighted by Crippen LogP contribution is 2.21. The highest BCUT2D eigenvalue weighted by atomic mass is 16.5. The first-order chi connectivity index (χ1) is 9.52. The van der Waals surface area contributed by atoms with Gasteiger partial charge in [-0.25, -0.2) is 0 Å². The Balaban J connectivity index is 1.74. The van der Waals surface area contributed by atoms with Crippen molar-refractivity contribution in [2.24, 2.45) is 11.8 Å². The van der Waals surface area contributed by atoms with Gasteiger partial charge in [0.2, 0.25) is 0 Å². The molecule has 1 heterocycles. The SMILES string of the molecule is Cc1ccc(OC[C@@H](O)CN2C[C@H](C)C[C@H](C)C2)cc1. The monoisotopic (exact) mass is 277 g/mol. The van der Waals surface area contributed by atoms with Crippen molar-refractivity contribution in [2.75, 3.05) is 26.2 Å². The lowest BCUT2D eigenvalue weighted by Gasteiger charge is -2.35. The molecule has 1 aliphatic heterocycles. The topological polar surface area (TPSA) is 32.7 Å². The molecule has 20 heavy (non-hydrogen) atoms. The predicted octanol–water partition coefficient (Wildman–Crippen LogP) is 2.71. The lowest BCUT2D eigenvalue weighted by molar-refractivity contribution is 0.0429. The van der Waals surface area contributed by atoms with Gasteiger partial charge in [-0.1, -0.05) is 31.5 Å². The molecule has 112 valence electrons. The van der Waals surface area contributed by atoms with E-state index in [0.29, 0.717) is 13.2 Å². The van der Waals surface area contributed by atoms with Crippen LogP contribution in [-0.4, -0.2) is 42.4 Å². The smallest absolute Gasteiger partial charge is 0.119 e. The minimum absolute atomic E-state index is 0.363. The second-order valence-corrected chi connectivity index (χ2v) is 6.44. The number of hydrogen-bond donors (Lipinski definition) is 1. The summed E-state index contributed by atoms with van der Waals surface area (Å²) in [6.07, 6.45) is 0.876. The van der Waals surface area contributed by atoms with Crippen LogP contribution in [0.2, 0.25) is 0 Å². The highest BCUT2D eigenvalue weighted by Gasteiger charge is 2.23. The molecule has 1 fully saturated rings. The third-order valence-corrected chi connectivity index (χ3v) is 3.88. The van der Waals surface area contributed by atoms with E-state index in [2.05, 4.69) is 25.7 Å². The maximum absolute atomic E-state index is 10.1. The molecule has 1 aromatic rings. The van der Waals surface area contributed by atoms with Crippen LogP contribution in [0, 0.1) is 18.8 Å². The molecule has 0 aliphatic carbocycles. The first-order valence-electron chi connectivity index (χ1n) is 7.63. The summed E-state index contributed by atoms with van der Waals surface area (Å²) in [4.78, 5) is 2.36. The number of hydrogen-bond acceptors (Lipinski definition) is 3. The van der Waals surface area contributed by atoms with E-state index in [1.165, 1.54) is 12.0 Å². The van der Waals surface area contributed by atoms with Crippen molar-refractivity contribution in [1.82, 2.24) is 4.90 Å². The van der Waals surface area contributed by atoms with Gasteiger partial charge in [0.25, 0.3) is 0 Å². The van der Waals surface area contributed by atoms with Crippen LogP contribution in [0.25, 0.3) is 0 Å². The second-order valence-electron chi connectivity index (χ2n) is 6.44. The number of aliphatic hydroxyl groups is 1. The Morgan fingerprint density at radius 2 is 1.80 bits per heavy atom. The summed E-state index contributed by atoms with van der Waals surface area (Å²) in [5.74, 6) is 2.28. The van der Waals surface area contributed by atoms with Crippen LogP contribution >= 0.6 is 0 Å². The molecule has 3 nitrogen and oxygen atoms in total.